The van der Waals surface area contributed by atoms with Crippen LogP contribution in [0.15, 0.2) is 127 Å². The summed E-state index contributed by atoms with van der Waals surface area (Å²) in [5, 5.41) is 4.92. The summed E-state index contributed by atoms with van der Waals surface area (Å²) < 4.78 is 7.87. The molecule has 1 atom stereocenters. The monoisotopic (exact) mass is 752 g/mol. The Kier molecular flexibility index (Phi) is 7.68. The topological polar surface area (TPSA) is 16.8 Å². The lowest BCUT2D eigenvalue weighted by molar-refractivity contribution is 0.163. The van der Waals surface area contributed by atoms with E-state index in [4.69, 9.17) is 11.3 Å². The number of anilines is 1. The Morgan fingerprint density at radius 1 is 0.655 bits per heavy atom. The van der Waals surface area contributed by atoms with E-state index in [1.807, 2.05) is 6.07 Å². The summed E-state index contributed by atoms with van der Waals surface area (Å²) in [6.07, 6.45) is 10.4. The smallest absolute Gasteiger partial charge is 0.187 e. The molecule has 0 saturated carbocycles. The Hall–Kier alpha value is -6.11. The van der Waals surface area contributed by atoms with E-state index in [-0.39, 0.29) is 10.8 Å². The van der Waals surface area contributed by atoms with Crippen LogP contribution in [0.1, 0.15) is 98.7 Å². The lowest BCUT2D eigenvalue weighted by Crippen LogP contribution is -2.36. The standard InChI is InChI=1S/C55H48N2O/c1-6-54(7-2)48-34-38(56-5)23-27-44(48)50-41-17-11-12-18-42(41)52-45(51(50)54)29-30-55(58-52,36-20-24-39(25-21-36)57-31-13-8-14-32-57)37-22-26-43-47(33-37)53(3,4)46-28-19-35-15-9-10-16-40(35)49(43)46/h9-12,15-30,33-34H,6-8,13-14,31-32H2,1-4H3. The minimum absolute atomic E-state index is 0.189. The van der Waals surface area contributed by atoms with Crippen molar-refractivity contribution < 1.29 is 4.74 Å². The van der Waals surface area contributed by atoms with Gasteiger partial charge in [-0.3, -0.25) is 0 Å². The van der Waals surface area contributed by atoms with Gasteiger partial charge in [-0.25, -0.2) is 4.85 Å². The van der Waals surface area contributed by atoms with Crippen molar-refractivity contribution in [1.29, 1.82) is 0 Å². The third-order valence-electron chi connectivity index (χ3n) is 14.6. The number of piperidine rings is 1. The normalized spacial score (nSPS) is 19.2. The van der Waals surface area contributed by atoms with Gasteiger partial charge in [-0.15, -0.1) is 0 Å². The van der Waals surface area contributed by atoms with Crippen LogP contribution in [-0.4, -0.2) is 13.1 Å². The maximum Gasteiger partial charge on any atom is 0.187 e. The zero-order chi connectivity index (χ0) is 39.4. The summed E-state index contributed by atoms with van der Waals surface area (Å²) in [7, 11) is 0. The van der Waals surface area contributed by atoms with Crippen LogP contribution in [-0.2, 0) is 16.4 Å². The first kappa shape index (κ1) is 35.1. The van der Waals surface area contributed by atoms with E-state index in [2.05, 4.69) is 165 Å². The summed E-state index contributed by atoms with van der Waals surface area (Å²) in [5.74, 6) is 0.940. The average molecular weight is 753 g/mol. The van der Waals surface area contributed by atoms with Gasteiger partial charge in [0.15, 0.2) is 11.3 Å². The van der Waals surface area contributed by atoms with Crippen LogP contribution >= 0.6 is 0 Å². The average Bonchev–Trinajstić information content (AvgIpc) is 3.71. The number of benzene rings is 7. The van der Waals surface area contributed by atoms with E-state index in [0.29, 0.717) is 5.69 Å². The fourth-order valence-electron chi connectivity index (χ4n) is 11.5. The molecular weight excluding hydrogens is 705 g/mol. The molecule has 2 aliphatic heterocycles. The molecule has 3 heteroatoms. The van der Waals surface area contributed by atoms with Crippen LogP contribution in [0.25, 0.3) is 54.7 Å². The number of rotatable bonds is 5. The summed E-state index contributed by atoms with van der Waals surface area (Å²) in [4.78, 5) is 6.43. The number of nitrogens with zero attached hydrogens (tertiary/aromatic N) is 2. The van der Waals surface area contributed by atoms with Crippen molar-refractivity contribution in [2.75, 3.05) is 18.0 Å². The van der Waals surface area contributed by atoms with Crippen LogP contribution in [0, 0.1) is 6.57 Å². The summed E-state index contributed by atoms with van der Waals surface area (Å²) in [6.45, 7) is 19.5. The Bertz CT molecular complexity index is 2920. The molecule has 1 fully saturated rings. The highest BCUT2D eigenvalue weighted by atomic mass is 16.5. The first-order valence-electron chi connectivity index (χ1n) is 21.4. The first-order chi connectivity index (χ1) is 28.3. The predicted octanol–water partition coefficient (Wildman–Crippen LogP) is 14.3. The van der Waals surface area contributed by atoms with Gasteiger partial charge >= 0.3 is 0 Å². The highest BCUT2D eigenvalue weighted by Gasteiger charge is 2.47. The van der Waals surface area contributed by atoms with Gasteiger partial charge in [0, 0.05) is 51.7 Å². The maximum atomic E-state index is 7.91. The van der Waals surface area contributed by atoms with Crippen molar-refractivity contribution >= 4 is 39.0 Å². The molecule has 1 saturated heterocycles. The van der Waals surface area contributed by atoms with Gasteiger partial charge in [0.25, 0.3) is 0 Å². The van der Waals surface area contributed by atoms with Gasteiger partial charge in [-0.2, -0.15) is 0 Å². The minimum atomic E-state index is -0.879. The zero-order valence-electron chi connectivity index (χ0n) is 34.0. The Labute approximate surface area is 342 Å². The second-order valence-corrected chi connectivity index (χ2v) is 17.5. The zero-order valence-corrected chi connectivity index (χ0v) is 34.0. The molecule has 1 unspecified atom stereocenters. The minimum Gasteiger partial charge on any atom is -0.472 e. The fraction of sp³-hybridized carbons (Fsp3) is 0.255. The van der Waals surface area contributed by atoms with Crippen molar-refractivity contribution in [3.05, 3.63) is 178 Å². The van der Waals surface area contributed by atoms with Crippen molar-refractivity contribution in [2.24, 2.45) is 0 Å². The van der Waals surface area contributed by atoms with Gasteiger partial charge in [-0.1, -0.05) is 137 Å². The molecule has 2 heterocycles. The predicted molar refractivity (Wildman–Crippen MR) is 241 cm³/mol. The van der Waals surface area contributed by atoms with Crippen LogP contribution < -0.4 is 9.64 Å². The SMILES string of the molecule is [C-]#[N+]c1ccc2c(c1)C(CC)(CC)c1c3c(c4ccccc4c1-2)OC(c1ccc(N2CCCCC2)cc1)(c1ccc2c(c1)C(C)(C)c1ccc4ccccc4c1-2)C=C3. The second kappa shape index (κ2) is 12.7. The highest BCUT2D eigenvalue weighted by molar-refractivity contribution is 6.09. The van der Waals surface area contributed by atoms with Gasteiger partial charge in [-0.05, 0) is 117 Å². The van der Waals surface area contributed by atoms with E-state index >= 15 is 0 Å². The van der Waals surface area contributed by atoms with Crippen LogP contribution in [0.3, 0.4) is 0 Å². The summed E-state index contributed by atoms with van der Waals surface area (Å²) in [5.41, 5.74) is 14.6. The second-order valence-electron chi connectivity index (χ2n) is 17.5. The highest BCUT2D eigenvalue weighted by Crippen LogP contribution is 2.61. The van der Waals surface area contributed by atoms with Gasteiger partial charge in [0.2, 0.25) is 0 Å². The van der Waals surface area contributed by atoms with Crippen molar-refractivity contribution in [3.63, 3.8) is 0 Å². The molecule has 0 bridgehead atoms. The molecular formula is C55H48N2O. The van der Waals surface area contributed by atoms with Crippen molar-refractivity contribution in [3.8, 4) is 28.0 Å². The molecule has 284 valence electrons. The molecule has 58 heavy (non-hydrogen) atoms. The quantitative estimate of drug-likeness (QED) is 0.163. The molecule has 0 spiro atoms. The molecule has 0 aromatic heterocycles. The van der Waals surface area contributed by atoms with Gasteiger partial charge < -0.3 is 9.64 Å². The number of hydrogen-bond acceptors (Lipinski definition) is 2. The lowest BCUT2D eigenvalue weighted by atomic mass is 9.71. The van der Waals surface area contributed by atoms with E-state index in [0.717, 1.165) is 48.2 Å². The van der Waals surface area contributed by atoms with Crippen LogP contribution in [0.4, 0.5) is 11.4 Å². The van der Waals surface area contributed by atoms with E-state index in [1.165, 1.54) is 91.2 Å². The Balaban J connectivity index is 1.16. The molecule has 11 rings (SSSR count). The first-order valence-corrected chi connectivity index (χ1v) is 21.4. The number of ether oxygens (including phenoxy) is 1. The fourth-order valence-corrected chi connectivity index (χ4v) is 11.5. The lowest BCUT2D eigenvalue weighted by Gasteiger charge is -2.40. The van der Waals surface area contributed by atoms with Gasteiger partial charge in [0.05, 0.1) is 6.57 Å². The molecule has 0 radical (unpaired) electrons. The van der Waals surface area contributed by atoms with Gasteiger partial charge in [0.1, 0.15) is 5.75 Å². The van der Waals surface area contributed by atoms with E-state index < -0.39 is 5.60 Å². The van der Waals surface area contributed by atoms with Crippen LogP contribution in [0.2, 0.25) is 0 Å². The van der Waals surface area contributed by atoms with E-state index in [1.54, 1.807) is 0 Å². The molecule has 7 aromatic rings. The number of fused-ring (bicyclic) bond motifs is 13. The molecule has 3 nitrogen and oxygen atoms in total. The van der Waals surface area contributed by atoms with Crippen LogP contribution in [0.5, 0.6) is 5.75 Å². The van der Waals surface area contributed by atoms with Crippen molar-refractivity contribution in [2.45, 2.75) is 76.2 Å². The summed E-state index contributed by atoms with van der Waals surface area (Å²) in [6, 6.07) is 45.1. The maximum absolute atomic E-state index is 7.91. The summed E-state index contributed by atoms with van der Waals surface area (Å²) >= 11 is 0. The van der Waals surface area contributed by atoms with E-state index in [9.17, 15) is 0 Å². The molecule has 7 aromatic carbocycles. The molecule has 0 N–H and O–H groups in total. The van der Waals surface area contributed by atoms with Crippen molar-refractivity contribution in [1.82, 2.24) is 0 Å². The molecule has 4 aliphatic rings. The largest absolute Gasteiger partial charge is 0.472 e. The number of hydrogen-bond donors (Lipinski definition) is 0. The Morgan fingerprint density at radius 3 is 2.10 bits per heavy atom. The third-order valence-corrected chi connectivity index (χ3v) is 14.6. The molecule has 2 aliphatic carbocycles. The Morgan fingerprint density at radius 2 is 1.34 bits per heavy atom. The molecule has 0 amide bonds. The third kappa shape index (κ3) is 4.66.